The number of benzene rings is 3. The van der Waals surface area contributed by atoms with Crippen molar-refractivity contribution in [1.82, 2.24) is 4.90 Å². The van der Waals surface area contributed by atoms with Crippen LogP contribution in [-0.2, 0) is 16.1 Å². The number of anilines is 1. The molecule has 0 aliphatic carbocycles. The van der Waals surface area contributed by atoms with Crippen molar-refractivity contribution in [2.24, 2.45) is 0 Å². The molecule has 0 radical (unpaired) electrons. The van der Waals surface area contributed by atoms with Gasteiger partial charge in [-0.2, -0.15) is 0 Å². The van der Waals surface area contributed by atoms with Gasteiger partial charge in [0.1, 0.15) is 11.4 Å². The average Bonchev–Trinajstić information content (AvgIpc) is 3.07. The summed E-state index contributed by atoms with van der Waals surface area (Å²) in [7, 11) is 0. The average molecular weight is 455 g/mol. The van der Waals surface area contributed by atoms with E-state index in [0.717, 1.165) is 22.6 Å². The highest BCUT2D eigenvalue weighted by Gasteiger charge is 2.41. The fourth-order valence-corrected chi connectivity index (χ4v) is 4.14. The van der Waals surface area contributed by atoms with Crippen molar-refractivity contribution in [1.29, 1.82) is 0 Å². The molecule has 0 spiro atoms. The molecule has 5 nitrogen and oxygen atoms in total. The van der Waals surface area contributed by atoms with Crippen LogP contribution in [0.4, 0.5) is 5.69 Å². The molecular weight excluding hydrogens is 424 g/mol. The largest absolute Gasteiger partial charge is 0.491 e. The van der Waals surface area contributed by atoms with E-state index < -0.39 is 0 Å². The van der Waals surface area contributed by atoms with Crippen LogP contribution in [0.2, 0.25) is 0 Å². The minimum atomic E-state index is -0.285. The number of ether oxygens (including phenoxy) is 1. The normalized spacial score (nSPS) is 13.7. The Bertz CT molecular complexity index is 1200. The van der Waals surface area contributed by atoms with Crippen molar-refractivity contribution in [2.75, 3.05) is 11.4 Å². The third kappa shape index (κ3) is 4.74. The monoisotopic (exact) mass is 454 g/mol. The zero-order chi connectivity index (χ0) is 24.2. The first-order valence-corrected chi connectivity index (χ1v) is 11.6. The van der Waals surface area contributed by atoms with Gasteiger partial charge in [-0.25, -0.2) is 0 Å². The highest BCUT2D eigenvalue weighted by molar-refractivity contribution is 6.36. The number of amides is 2. The lowest BCUT2D eigenvalue weighted by Gasteiger charge is -2.25. The molecule has 4 rings (SSSR count). The van der Waals surface area contributed by atoms with Gasteiger partial charge in [-0.05, 0) is 63.1 Å². The molecule has 1 heterocycles. The van der Waals surface area contributed by atoms with Crippen LogP contribution in [0.1, 0.15) is 37.5 Å². The smallest absolute Gasteiger partial charge is 0.278 e. The molecule has 0 unspecified atom stereocenters. The van der Waals surface area contributed by atoms with Gasteiger partial charge in [0.15, 0.2) is 0 Å². The minimum Gasteiger partial charge on any atom is -0.491 e. The molecule has 0 saturated carbocycles. The highest BCUT2D eigenvalue weighted by Crippen LogP contribution is 2.35. The summed E-state index contributed by atoms with van der Waals surface area (Å²) in [5, 5.41) is 0. The van der Waals surface area contributed by atoms with Crippen LogP contribution in [-0.4, -0.2) is 29.4 Å². The van der Waals surface area contributed by atoms with Crippen LogP contribution in [0.15, 0.2) is 84.6 Å². The molecule has 0 aromatic heterocycles. The van der Waals surface area contributed by atoms with Gasteiger partial charge in [-0.1, -0.05) is 60.2 Å². The van der Waals surface area contributed by atoms with Gasteiger partial charge in [0, 0.05) is 12.2 Å². The predicted molar refractivity (Wildman–Crippen MR) is 135 cm³/mol. The second-order valence-corrected chi connectivity index (χ2v) is 8.68. The first-order chi connectivity index (χ1) is 16.4. The summed E-state index contributed by atoms with van der Waals surface area (Å²) >= 11 is 0. The number of para-hydroxylation sites is 1. The molecule has 5 heteroatoms. The predicted octanol–water partition coefficient (Wildman–Crippen LogP) is 5.59. The number of aryl methyl sites for hydroxylation is 1. The summed E-state index contributed by atoms with van der Waals surface area (Å²) < 4.78 is 5.77. The van der Waals surface area contributed by atoms with Crippen LogP contribution in [0, 0.1) is 6.92 Å². The number of carbonyl (C=O) groups is 2. The van der Waals surface area contributed by atoms with E-state index in [-0.39, 0.29) is 24.5 Å². The third-order valence-corrected chi connectivity index (χ3v) is 5.77. The van der Waals surface area contributed by atoms with Crippen molar-refractivity contribution in [3.8, 4) is 5.75 Å². The summed E-state index contributed by atoms with van der Waals surface area (Å²) in [5.41, 5.74) is 4.44. The van der Waals surface area contributed by atoms with Gasteiger partial charge in [-0.3, -0.25) is 14.5 Å². The molecule has 0 bridgehead atoms. The molecule has 0 fully saturated rings. The molecule has 174 valence electrons. The number of carbonyl (C=O) groups excluding carboxylic acids is 2. The number of hydrogen-bond donors (Lipinski definition) is 0. The maximum Gasteiger partial charge on any atom is 0.278 e. The topological polar surface area (TPSA) is 49.9 Å². The Morgan fingerprint density at radius 1 is 0.853 bits per heavy atom. The van der Waals surface area contributed by atoms with E-state index in [1.807, 2.05) is 111 Å². The summed E-state index contributed by atoms with van der Waals surface area (Å²) in [6.45, 7) is 8.71. The Kier molecular flexibility index (Phi) is 6.82. The van der Waals surface area contributed by atoms with Gasteiger partial charge in [0.2, 0.25) is 0 Å². The maximum absolute atomic E-state index is 13.7. The SMILES string of the molecule is CCN(C1=C(c2ccc(OC(C)C)cc2)C(=O)N(Cc2ccc(C)cc2)C1=O)c1ccccc1. The van der Waals surface area contributed by atoms with Crippen LogP contribution in [0.3, 0.4) is 0 Å². The summed E-state index contributed by atoms with van der Waals surface area (Å²) in [6, 6.07) is 25.0. The van der Waals surface area contributed by atoms with Crippen molar-refractivity contribution in [3.63, 3.8) is 0 Å². The second kappa shape index (κ2) is 9.96. The number of rotatable bonds is 8. The van der Waals surface area contributed by atoms with E-state index in [1.165, 1.54) is 4.90 Å². The lowest BCUT2D eigenvalue weighted by Crippen LogP contribution is -2.34. The van der Waals surface area contributed by atoms with Crippen molar-refractivity contribution >= 4 is 23.1 Å². The van der Waals surface area contributed by atoms with E-state index in [4.69, 9.17) is 4.74 Å². The Morgan fingerprint density at radius 2 is 1.50 bits per heavy atom. The van der Waals surface area contributed by atoms with Crippen molar-refractivity contribution in [2.45, 2.75) is 40.3 Å². The van der Waals surface area contributed by atoms with Crippen molar-refractivity contribution < 1.29 is 14.3 Å². The summed E-state index contributed by atoms with van der Waals surface area (Å²) in [6.07, 6.45) is 0.0500. The molecule has 34 heavy (non-hydrogen) atoms. The fraction of sp³-hybridized carbons (Fsp3) is 0.241. The standard InChI is InChI=1S/C29H30N2O3/c1-5-30(24-9-7-6-8-10-24)27-26(23-15-17-25(18-16-23)34-20(2)3)28(32)31(29(27)33)19-22-13-11-21(4)12-14-22/h6-18,20H,5,19H2,1-4H3. The van der Waals surface area contributed by atoms with Crippen LogP contribution < -0.4 is 9.64 Å². The van der Waals surface area contributed by atoms with Crippen LogP contribution in [0.25, 0.3) is 5.57 Å². The van der Waals surface area contributed by atoms with Crippen LogP contribution in [0.5, 0.6) is 5.75 Å². The van der Waals surface area contributed by atoms with E-state index in [2.05, 4.69) is 0 Å². The number of likely N-dealkylation sites (N-methyl/N-ethyl adjacent to an activating group) is 1. The van der Waals surface area contributed by atoms with E-state index in [0.29, 0.717) is 23.4 Å². The Hall–Kier alpha value is -3.86. The van der Waals surface area contributed by atoms with Gasteiger partial charge < -0.3 is 9.64 Å². The van der Waals surface area contributed by atoms with Crippen LogP contribution >= 0.6 is 0 Å². The first kappa shape index (κ1) is 23.3. The first-order valence-electron chi connectivity index (χ1n) is 11.6. The molecule has 2 amide bonds. The Balaban J connectivity index is 1.78. The molecule has 1 aliphatic rings. The van der Waals surface area contributed by atoms with Gasteiger partial charge in [-0.15, -0.1) is 0 Å². The quantitative estimate of drug-likeness (QED) is 0.417. The second-order valence-electron chi connectivity index (χ2n) is 8.68. The summed E-state index contributed by atoms with van der Waals surface area (Å²) in [5.74, 6) is 0.158. The molecule has 3 aromatic rings. The molecule has 3 aromatic carbocycles. The Morgan fingerprint density at radius 3 is 2.09 bits per heavy atom. The lowest BCUT2D eigenvalue weighted by atomic mass is 10.0. The van der Waals surface area contributed by atoms with Gasteiger partial charge in [0.25, 0.3) is 11.8 Å². The van der Waals surface area contributed by atoms with E-state index in [9.17, 15) is 9.59 Å². The van der Waals surface area contributed by atoms with E-state index >= 15 is 0 Å². The van der Waals surface area contributed by atoms with Gasteiger partial charge >= 0.3 is 0 Å². The zero-order valence-corrected chi connectivity index (χ0v) is 20.1. The third-order valence-electron chi connectivity index (χ3n) is 5.77. The number of hydrogen-bond acceptors (Lipinski definition) is 4. The fourth-order valence-electron chi connectivity index (χ4n) is 4.14. The molecular formula is C29H30N2O3. The molecule has 0 N–H and O–H groups in total. The number of imide groups is 1. The van der Waals surface area contributed by atoms with E-state index in [1.54, 1.807) is 0 Å². The highest BCUT2D eigenvalue weighted by atomic mass is 16.5. The summed E-state index contributed by atoms with van der Waals surface area (Å²) in [4.78, 5) is 30.7. The van der Waals surface area contributed by atoms with Crippen molar-refractivity contribution in [3.05, 3.63) is 101 Å². The minimum absolute atomic E-state index is 0.0500. The maximum atomic E-state index is 13.7. The number of nitrogens with zero attached hydrogens (tertiary/aromatic N) is 2. The Labute approximate surface area is 201 Å². The zero-order valence-electron chi connectivity index (χ0n) is 20.1. The molecule has 0 atom stereocenters. The lowest BCUT2D eigenvalue weighted by molar-refractivity contribution is -0.137. The van der Waals surface area contributed by atoms with Gasteiger partial charge in [0.05, 0.1) is 18.2 Å². The molecule has 0 saturated heterocycles. The molecule has 1 aliphatic heterocycles.